The van der Waals surface area contributed by atoms with E-state index in [0.717, 1.165) is 5.56 Å². The van der Waals surface area contributed by atoms with Gasteiger partial charge in [-0.1, -0.05) is 0 Å². The van der Waals surface area contributed by atoms with Gasteiger partial charge < -0.3 is 27.4 Å². The Morgan fingerprint density at radius 3 is 2.48 bits per heavy atom. The summed E-state index contributed by atoms with van der Waals surface area (Å²) in [4.78, 5) is 41.3. The lowest BCUT2D eigenvalue weighted by Crippen LogP contribution is -2.50. The summed E-state index contributed by atoms with van der Waals surface area (Å²) in [7, 11) is 0. The molecule has 0 aliphatic carbocycles. The fourth-order valence-electron chi connectivity index (χ4n) is 2.95. The molecule has 158 valence electrons. The van der Waals surface area contributed by atoms with E-state index in [2.05, 4.69) is 4.99 Å². The number of benzene rings is 1. The Balaban J connectivity index is 0.00000420. The number of hydrogen-bond donors (Lipinski definition) is 4. The summed E-state index contributed by atoms with van der Waals surface area (Å²) in [5.41, 5.74) is 22.5. The minimum absolute atomic E-state index is 0. The van der Waals surface area contributed by atoms with Crippen LogP contribution in [-0.2, 0) is 9.59 Å². The van der Waals surface area contributed by atoms with Crippen molar-refractivity contribution in [2.75, 3.05) is 18.0 Å². The third-order valence-corrected chi connectivity index (χ3v) is 4.23. The van der Waals surface area contributed by atoms with Crippen LogP contribution in [0.4, 0.5) is 5.69 Å². The summed E-state index contributed by atoms with van der Waals surface area (Å²) in [6.45, 7) is 1.73. The molecule has 0 saturated heterocycles. The van der Waals surface area contributed by atoms with Gasteiger partial charge in [-0.25, -0.2) is 4.79 Å². The molecular formula is C18H25ClN6O4. The van der Waals surface area contributed by atoms with Crippen molar-refractivity contribution in [1.82, 2.24) is 0 Å². The minimum Gasteiger partial charge on any atom is -0.423 e. The summed E-state index contributed by atoms with van der Waals surface area (Å²) in [6.07, 6.45) is 0.648. The Bertz CT molecular complexity index is 970. The van der Waals surface area contributed by atoms with Crippen molar-refractivity contribution in [2.45, 2.75) is 25.8 Å². The SMILES string of the molecule is Cc1cc(=O)oc2cc(N(C(=O)CN)[C@@H](CCCN=C(N)N)C(N)=O)ccc12.Cl. The summed E-state index contributed by atoms with van der Waals surface area (Å²) >= 11 is 0. The lowest BCUT2D eigenvalue weighted by atomic mass is 10.1. The highest BCUT2D eigenvalue weighted by Crippen LogP contribution is 2.26. The second-order valence-electron chi connectivity index (χ2n) is 6.26. The Labute approximate surface area is 173 Å². The van der Waals surface area contributed by atoms with Crippen LogP contribution >= 0.6 is 12.4 Å². The number of amides is 2. The number of nitrogens with two attached hydrogens (primary N) is 4. The van der Waals surface area contributed by atoms with Gasteiger partial charge in [-0.15, -0.1) is 12.4 Å². The number of anilines is 1. The molecule has 0 spiro atoms. The zero-order chi connectivity index (χ0) is 20.8. The predicted octanol–water partition coefficient (Wildman–Crippen LogP) is -0.278. The van der Waals surface area contributed by atoms with Crippen LogP contribution in [0.1, 0.15) is 18.4 Å². The van der Waals surface area contributed by atoms with Crippen LogP contribution in [0.3, 0.4) is 0 Å². The van der Waals surface area contributed by atoms with Gasteiger partial charge in [0.1, 0.15) is 11.6 Å². The van der Waals surface area contributed by atoms with Crippen LogP contribution in [0.5, 0.6) is 0 Å². The van der Waals surface area contributed by atoms with Crippen LogP contribution in [-0.4, -0.2) is 36.9 Å². The van der Waals surface area contributed by atoms with Crippen LogP contribution in [0.2, 0.25) is 0 Å². The average molecular weight is 425 g/mol. The number of hydrogen-bond acceptors (Lipinski definition) is 6. The molecule has 0 bridgehead atoms. The summed E-state index contributed by atoms with van der Waals surface area (Å²) < 4.78 is 5.23. The maximum Gasteiger partial charge on any atom is 0.336 e. The molecule has 2 amide bonds. The van der Waals surface area contributed by atoms with Gasteiger partial charge in [0.25, 0.3) is 0 Å². The normalized spacial score (nSPS) is 11.4. The third-order valence-electron chi connectivity index (χ3n) is 4.23. The van der Waals surface area contributed by atoms with Gasteiger partial charge in [0.2, 0.25) is 11.8 Å². The molecule has 0 saturated carbocycles. The highest BCUT2D eigenvalue weighted by Gasteiger charge is 2.29. The standard InChI is InChI=1S/C18H24N6O4.ClH/c1-10-7-16(26)28-14-8-11(4-5-12(10)14)24(15(25)9-19)13(17(20)27)3-2-6-23-18(21)22;/h4-5,7-8,13H,2-3,6,9,19H2,1H3,(H2,20,27)(H4,21,22,23);1H/t13-;/m0./s1. The molecule has 11 heteroatoms. The van der Waals surface area contributed by atoms with Crippen molar-refractivity contribution >= 4 is 46.8 Å². The van der Waals surface area contributed by atoms with E-state index in [0.29, 0.717) is 23.1 Å². The maximum absolute atomic E-state index is 12.5. The molecule has 8 N–H and O–H groups in total. The van der Waals surface area contributed by atoms with E-state index in [-0.39, 0.29) is 37.9 Å². The van der Waals surface area contributed by atoms with Gasteiger partial charge in [0.05, 0.1) is 6.54 Å². The molecule has 0 aliphatic heterocycles. The van der Waals surface area contributed by atoms with Gasteiger partial charge in [-0.2, -0.15) is 0 Å². The second kappa shape index (κ2) is 10.4. The first kappa shape index (κ1) is 23.9. The van der Waals surface area contributed by atoms with E-state index in [1.54, 1.807) is 19.1 Å². The van der Waals surface area contributed by atoms with Crippen molar-refractivity contribution < 1.29 is 14.0 Å². The number of nitrogens with zero attached hydrogens (tertiary/aromatic N) is 2. The van der Waals surface area contributed by atoms with Gasteiger partial charge in [0, 0.05) is 29.8 Å². The predicted molar refractivity (Wildman–Crippen MR) is 114 cm³/mol. The first-order chi connectivity index (χ1) is 13.2. The van der Waals surface area contributed by atoms with Crippen LogP contribution in [0, 0.1) is 6.92 Å². The largest absolute Gasteiger partial charge is 0.423 e. The van der Waals surface area contributed by atoms with Gasteiger partial charge in [-0.3, -0.25) is 19.5 Å². The fraction of sp³-hybridized carbons (Fsp3) is 0.333. The molecular weight excluding hydrogens is 400 g/mol. The zero-order valence-corrected chi connectivity index (χ0v) is 16.8. The molecule has 0 aliphatic rings. The van der Waals surface area contributed by atoms with Gasteiger partial charge >= 0.3 is 5.63 Å². The van der Waals surface area contributed by atoms with Gasteiger partial charge in [-0.05, 0) is 37.5 Å². The number of primary amides is 1. The Morgan fingerprint density at radius 1 is 1.21 bits per heavy atom. The van der Waals surface area contributed by atoms with Crippen molar-refractivity contribution in [3.8, 4) is 0 Å². The molecule has 1 heterocycles. The molecule has 0 unspecified atom stereocenters. The number of aliphatic imine (C=N–C) groups is 1. The van der Waals surface area contributed by atoms with E-state index >= 15 is 0 Å². The van der Waals surface area contributed by atoms with Crippen LogP contribution in [0.25, 0.3) is 11.0 Å². The molecule has 1 atom stereocenters. The molecule has 2 rings (SSSR count). The smallest absolute Gasteiger partial charge is 0.336 e. The van der Waals surface area contributed by atoms with Crippen molar-refractivity contribution in [2.24, 2.45) is 27.9 Å². The maximum atomic E-state index is 12.5. The summed E-state index contributed by atoms with van der Waals surface area (Å²) in [5.74, 6) is -1.26. The Hall–Kier alpha value is -3.11. The summed E-state index contributed by atoms with van der Waals surface area (Å²) in [5, 5.41) is 0.715. The van der Waals surface area contributed by atoms with Gasteiger partial charge in [0.15, 0.2) is 5.96 Å². The summed E-state index contributed by atoms with van der Waals surface area (Å²) in [6, 6.07) is 5.29. The highest BCUT2D eigenvalue weighted by atomic mass is 35.5. The third kappa shape index (κ3) is 5.93. The van der Waals surface area contributed by atoms with E-state index < -0.39 is 23.5 Å². The minimum atomic E-state index is -0.959. The number of fused-ring (bicyclic) bond motifs is 1. The molecule has 1 aromatic carbocycles. The molecule has 1 aromatic heterocycles. The highest BCUT2D eigenvalue weighted by molar-refractivity contribution is 6.02. The molecule has 0 fully saturated rings. The van der Waals surface area contributed by atoms with Crippen molar-refractivity contribution in [1.29, 1.82) is 0 Å². The first-order valence-corrected chi connectivity index (χ1v) is 8.66. The average Bonchev–Trinajstić information content (AvgIpc) is 2.62. The Kier molecular flexibility index (Phi) is 8.61. The zero-order valence-electron chi connectivity index (χ0n) is 16.0. The van der Waals surface area contributed by atoms with E-state index in [9.17, 15) is 14.4 Å². The molecule has 29 heavy (non-hydrogen) atoms. The van der Waals surface area contributed by atoms with E-state index in [1.807, 2.05) is 0 Å². The quantitative estimate of drug-likeness (QED) is 0.194. The lowest BCUT2D eigenvalue weighted by molar-refractivity contribution is -0.124. The molecule has 2 aromatic rings. The number of guanidine groups is 1. The Morgan fingerprint density at radius 2 is 1.90 bits per heavy atom. The molecule has 0 radical (unpaired) electrons. The topological polar surface area (TPSA) is 184 Å². The number of carbonyl (C=O) groups excluding carboxylic acids is 2. The monoisotopic (exact) mass is 424 g/mol. The lowest BCUT2D eigenvalue weighted by Gasteiger charge is -2.29. The number of aryl methyl sites for hydroxylation is 1. The number of halogens is 1. The molecule has 10 nitrogen and oxygen atoms in total. The van der Waals surface area contributed by atoms with Crippen molar-refractivity contribution in [3.05, 3.63) is 40.2 Å². The van der Waals surface area contributed by atoms with Crippen LogP contribution < -0.4 is 33.5 Å². The number of rotatable bonds is 8. The fourth-order valence-corrected chi connectivity index (χ4v) is 2.95. The second-order valence-corrected chi connectivity index (χ2v) is 6.26. The van der Waals surface area contributed by atoms with Crippen molar-refractivity contribution in [3.63, 3.8) is 0 Å². The van der Waals surface area contributed by atoms with Crippen LogP contribution in [0.15, 0.2) is 38.5 Å². The number of carbonyl (C=O) groups is 2. The van der Waals surface area contributed by atoms with E-state index in [4.69, 9.17) is 27.4 Å². The first-order valence-electron chi connectivity index (χ1n) is 8.66. The van der Waals surface area contributed by atoms with E-state index in [1.165, 1.54) is 17.0 Å².